The molecule has 104 valence electrons. The van der Waals surface area contributed by atoms with Crippen molar-refractivity contribution in [1.82, 2.24) is 10.3 Å². The van der Waals surface area contributed by atoms with Gasteiger partial charge in [-0.25, -0.2) is 4.98 Å². The molecule has 0 aliphatic heterocycles. The van der Waals surface area contributed by atoms with Crippen LogP contribution in [-0.2, 0) is 16.0 Å². The van der Waals surface area contributed by atoms with Crippen LogP contribution < -0.4 is 5.32 Å². The van der Waals surface area contributed by atoms with Crippen molar-refractivity contribution >= 4 is 35.0 Å². The molecule has 2 N–H and O–H groups in total. The number of aliphatic carboxylic acids is 1. The lowest BCUT2D eigenvalue weighted by Gasteiger charge is -2.09. The van der Waals surface area contributed by atoms with Gasteiger partial charge in [0.05, 0.1) is 17.4 Å². The van der Waals surface area contributed by atoms with Crippen molar-refractivity contribution in [2.75, 3.05) is 0 Å². The normalized spacial score (nSPS) is 16.1. The fourth-order valence-corrected chi connectivity index (χ4v) is 3.88. The first-order valence-electron chi connectivity index (χ1n) is 6.11. The summed E-state index contributed by atoms with van der Waals surface area (Å²) in [5, 5.41) is 11.5. The monoisotopic (exact) mass is 300 g/mol. The van der Waals surface area contributed by atoms with Crippen LogP contribution in [0.3, 0.4) is 0 Å². The molecule has 1 fully saturated rings. The summed E-state index contributed by atoms with van der Waals surface area (Å²) in [5.41, 5.74) is 0.740. The van der Waals surface area contributed by atoms with Crippen LogP contribution in [0.15, 0.2) is 4.34 Å². The van der Waals surface area contributed by atoms with E-state index in [1.807, 2.05) is 6.92 Å². The molecule has 1 aliphatic carbocycles. The Morgan fingerprint density at radius 1 is 1.58 bits per heavy atom. The minimum Gasteiger partial charge on any atom is -0.481 e. The van der Waals surface area contributed by atoms with E-state index in [0.717, 1.165) is 27.8 Å². The van der Waals surface area contributed by atoms with Gasteiger partial charge in [-0.05, 0) is 26.7 Å². The highest BCUT2D eigenvalue weighted by Gasteiger charge is 2.26. The summed E-state index contributed by atoms with van der Waals surface area (Å²) >= 11 is 2.75. The van der Waals surface area contributed by atoms with Crippen molar-refractivity contribution in [3.05, 3.63) is 10.6 Å². The SMILES string of the molecule is Cc1nc(SC(C)C(=O)NC2CC2)sc1CC(=O)O. The first kappa shape index (κ1) is 14.3. The third-order valence-corrected chi connectivity index (χ3v) is 5.11. The van der Waals surface area contributed by atoms with Gasteiger partial charge in [-0.2, -0.15) is 0 Å². The minimum atomic E-state index is -0.858. The quantitative estimate of drug-likeness (QED) is 0.784. The van der Waals surface area contributed by atoms with Gasteiger partial charge < -0.3 is 10.4 Å². The third kappa shape index (κ3) is 4.21. The second-order valence-electron chi connectivity index (χ2n) is 4.60. The number of nitrogens with one attached hydrogen (secondary N) is 1. The summed E-state index contributed by atoms with van der Waals surface area (Å²) in [5.74, 6) is -0.831. The van der Waals surface area contributed by atoms with Crippen LogP contribution in [0.1, 0.15) is 30.3 Å². The number of carbonyl (C=O) groups excluding carboxylic acids is 1. The van der Waals surface area contributed by atoms with E-state index in [-0.39, 0.29) is 17.6 Å². The Labute approximate surface area is 119 Å². The number of hydrogen-bond acceptors (Lipinski definition) is 5. The molecule has 1 atom stereocenters. The molecule has 1 saturated carbocycles. The summed E-state index contributed by atoms with van der Waals surface area (Å²) in [4.78, 5) is 27.6. The Bertz CT molecular complexity index is 497. The number of nitrogens with zero attached hydrogens (tertiary/aromatic N) is 1. The molecule has 0 spiro atoms. The number of amides is 1. The number of carboxylic acid groups (broad SMARTS) is 1. The second-order valence-corrected chi connectivity index (χ2v) is 7.27. The highest BCUT2D eigenvalue weighted by atomic mass is 32.2. The molecule has 19 heavy (non-hydrogen) atoms. The molecule has 5 nitrogen and oxygen atoms in total. The number of carbonyl (C=O) groups is 2. The molecule has 1 amide bonds. The van der Waals surface area contributed by atoms with Gasteiger partial charge in [0.1, 0.15) is 0 Å². The van der Waals surface area contributed by atoms with E-state index < -0.39 is 5.97 Å². The second kappa shape index (κ2) is 5.92. The van der Waals surface area contributed by atoms with E-state index in [1.54, 1.807) is 6.92 Å². The zero-order valence-electron chi connectivity index (χ0n) is 10.8. The first-order chi connectivity index (χ1) is 8.95. The molecule has 1 aromatic rings. The molecular weight excluding hydrogens is 284 g/mol. The highest BCUT2D eigenvalue weighted by molar-refractivity contribution is 8.02. The highest BCUT2D eigenvalue weighted by Crippen LogP contribution is 2.31. The maximum Gasteiger partial charge on any atom is 0.308 e. The Morgan fingerprint density at radius 3 is 2.84 bits per heavy atom. The van der Waals surface area contributed by atoms with Crippen LogP contribution in [0.25, 0.3) is 0 Å². The van der Waals surface area contributed by atoms with Crippen LogP contribution >= 0.6 is 23.1 Å². The van der Waals surface area contributed by atoms with Gasteiger partial charge in [-0.15, -0.1) is 11.3 Å². The maximum absolute atomic E-state index is 11.8. The van der Waals surface area contributed by atoms with Gasteiger partial charge in [-0.3, -0.25) is 9.59 Å². The molecule has 1 aromatic heterocycles. The summed E-state index contributed by atoms with van der Waals surface area (Å²) < 4.78 is 0.757. The van der Waals surface area contributed by atoms with Crippen molar-refractivity contribution in [1.29, 1.82) is 0 Å². The molecule has 0 bridgehead atoms. The zero-order chi connectivity index (χ0) is 14.0. The van der Waals surface area contributed by atoms with Gasteiger partial charge in [0.2, 0.25) is 5.91 Å². The van der Waals surface area contributed by atoms with E-state index in [9.17, 15) is 9.59 Å². The van der Waals surface area contributed by atoms with Crippen LogP contribution in [0.5, 0.6) is 0 Å². The maximum atomic E-state index is 11.8. The molecule has 0 radical (unpaired) electrons. The predicted octanol–water partition coefficient (Wildman–Crippen LogP) is 1.84. The Kier molecular flexibility index (Phi) is 4.46. The largest absolute Gasteiger partial charge is 0.481 e. The molecule has 0 saturated heterocycles. The lowest BCUT2D eigenvalue weighted by atomic mass is 10.3. The van der Waals surface area contributed by atoms with Gasteiger partial charge in [-0.1, -0.05) is 11.8 Å². The van der Waals surface area contributed by atoms with E-state index >= 15 is 0 Å². The fourth-order valence-electron chi connectivity index (χ4n) is 1.50. The lowest BCUT2D eigenvalue weighted by molar-refractivity contribution is -0.136. The van der Waals surface area contributed by atoms with Gasteiger partial charge >= 0.3 is 5.97 Å². The first-order valence-corrected chi connectivity index (χ1v) is 7.80. The predicted molar refractivity (Wildman–Crippen MR) is 74.7 cm³/mol. The molecular formula is C12H16N2O3S2. The van der Waals surface area contributed by atoms with Gasteiger partial charge in [0.15, 0.2) is 4.34 Å². The summed E-state index contributed by atoms with van der Waals surface area (Å²) in [6.45, 7) is 3.64. The topological polar surface area (TPSA) is 79.3 Å². The number of aryl methyl sites for hydroxylation is 1. The van der Waals surface area contributed by atoms with Crippen molar-refractivity contribution in [2.24, 2.45) is 0 Å². The number of hydrogen-bond donors (Lipinski definition) is 2. The van der Waals surface area contributed by atoms with E-state index in [4.69, 9.17) is 5.11 Å². The van der Waals surface area contributed by atoms with Crippen LogP contribution in [0.4, 0.5) is 0 Å². The number of carboxylic acids is 1. The molecule has 1 aliphatic rings. The number of thioether (sulfide) groups is 1. The smallest absolute Gasteiger partial charge is 0.308 e. The molecule has 2 rings (SSSR count). The summed E-state index contributed by atoms with van der Waals surface area (Å²) in [7, 11) is 0. The Morgan fingerprint density at radius 2 is 2.26 bits per heavy atom. The lowest BCUT2D eigenvalue weighted by Crippen LogP contribution is -2.32. The fraction of sp³-hybridized carbons (Fsp3) is 0.583. The van der Waals surface area contributed by atoms with Crippen LogP contribution in [0.2, 0.25) is 0 Å². The molecule has 7 heteroatoms. The van der Waals surface area contributed by atoms with Crippen molar-refractivity contribution < 1.29 is 14.7 Å². The zero-order valence-corrected chi connectivity index (χ0v) is 12.4. The molecule has 1 unspecified atom stereocenters. The van der Waals surface area contributed by atoms with Crippen molar-refractivity contribution in [3.8, 4) is 0 Å². The van der Waals surface area contributed by atoms with Gasteiger partial charge in [0.25, 0.3) is 0 Å². The number of thiazole rings is 1. The minimum absolute atomic E-state index is 0.00723. The molecule has 1 heterocycles. The van der Waals surface area contributed by atoms with Crippen molar-refractivity contribution in [3.63, 3.8) is 0 Å². The Hall–Kier alpha value is -1.08. The standard InChI is InChI=1S/C12H16N2O3S2/c1-6-9(5-10(15)16)19-12(13-6)18-7(2)11(17)14-8-3-4-8/h7-8H,3-5H2,1-2H3,(H,14,17)(H,15,16). The average Bonchev–Trinajstić information content (AvgIpc) is 3.05. The number of aromatic nitrogens is 1. The average molecular weight is 300 g/mol. The van der Waals surface area contributed by atoms with Crippen molar-refractivity contribution in [2.45, 2.75) is 48.7 Å². The van der Waals surface area contributed by atoms with Crippen LogP contribution in [-0.4, -0.2) is 33.3 Å². The van der Waals surface area contributed by atoms with Crippen LogP contribution in [0, 0.1) is 6.92 Å². The van der Waals surface area contributed by atoms with E-state index in [2.05, 4.69) is 10.3 Å². The van der Waals surface area contributed by atoms with E-state index in [0.29, 0.717) is 6.04 Å². The Balaban J connectivity index is 1.94. The van der Waals surface area contributed by atoms with E-state index in [1.165, 1.54) is 23.1 Å². The summed E-state index contributed by atoms with van der Waals surface area (Å²) in [6, 6.07) is 0.358. The summed E-state index contributed by atoms with van der Waals surface area (Å²) in [6.07, 6.45) is 2.14. The molecule has 0 aromatic carbocycles. The van der Waals surface area contributed by atoms with Gasteiger partial charge in [0, 0.05) is 10.9 Å². The number of rotatable bonds is 6. The third-order valence-electron chi connectivity index (χ3n) is 2.76.